The SMILES string of the molecule is Cc1ccc(CC(C)NS(=O)(=O)c2ccc(CN)cn2)s1. The molecule has 2 aromatic heterocycles. The minimum atomic E-state index is -3.60. The lowest BCUT2D eigenvalue weighted by Gasteiger charge is -2.13. The highest BCUT2D eigenvalue weighted by Crippen LogP contribution is 2.17. The summed E-state index contributed by atoms with van der Waals surface area (Å²) in [5, 5.41) is 0.0221. The molecule has 0 spiro atoms. The van der Waals surface area contributed by atoms with Crippen molar-refractivity contribution in [2.24, 2.45) is 5.73 Å². The van der Waals surface area contributed by atoms with E-state index in [-0.39, 0.29) is 11.1 Å². The Morgan fingerprint density at radius 3 is 2.62 bits per heavy atom. The number of aromatic nitrogens is 1. The summed E-state index contributed by atoms with van der Waals surface area (Å²) in [5.41, 5.74) is 6.28. The Labute approximate surface area is 129 Å². The highest BCUT2D eigenvalue weighted by molar-refractivity contribution is 7.89. The number of sulfonamides is 1. The third-order valence-electron chi connectivity index (χ3n) is 2.97. The second-order valence-corrected chi connectivity index (χ2v) is 7.98. The lowest BCUT2D eigenvalue weighted by molar-refractivity contribution is 0.557. The first-order valence-electron chi connectivity index (χ1n) is 6.63. The molecule has 3 N–H and O–H groups in total. The van der Waals surface area contributed by atoms with E-state index < -0.39 is 10.0 Å². The minimum Gasteiger partial charge on any atom is -0.326 e. The van der Waals surface area contributed by atoms with E-state index in [2.05, 4.69) is 9.71 Å². The van der Waals surface area contributed by atoms with Crippen molar-refractivity contribution in [1.82, 2.24) is 9.71 Å². The van der Waals surface area contributed by atoms with Crippen LogP contribution in [-0.2, 0) is 23.0 Å². The quantitative estimate of drug-likeness (QED) is 0.848. The Bertz CT molecular complexity index is 693. The first kappa shape index (κ1) is 16.1. The van der Waals surface area contributed by atoms with Crippen molar-refractivity contribution in [3.05, 3.63) is 45.8 Å². The molecule has 1 atom stereocenters. The number of rotatable bonds is 6. The van der Waals surface area contributed by atoms with E-state index in [0.29, 0.717) is 13.0 Å². The smallest absolute Gasteiger partial charge is 0.258 e. The van der Waals surface area contributed by atoms with Gasteiger partial charge in [-0.3, -0.25) is 0 Å². The highest BCUT2D eigenvalue weighted by Gasteiger charge is 2.19. The molecule has 0 aliphatic heterocycles. The molecule has 0 fully saturated rings. The topological polar surface area (TPSA) is 85.1 Å². The van der Waals surface area contributed by atoms with Crippen molar-refractivity contribution in [1.29, 1.82) is 0 Å². The Morgan fingerprint density at radius 2 is 2.10 bits per heavy atom. The zero-order chi connectivity index (χ0) is 15.5. The molecule has 21 heavy (non-hydrogen) atoms. The van der Waals surface area contributed by atoms with Crippen LogP contribution in [0.15, 0.2) is 35.5 Å². The van der Waals surface area contributed by atoms with Crippen LogP contribution in [-0.4, -0.2) is 19.4 Å². The van der Waals surface area contributed by atoms with Crippen LogP contribution in [0.5, 0.6) is 0 Å². The minimum absolute atomic E-state index is 0.0221. The van der Waals surface area contributed by atoms with Crippen LogP contribution < -0.4 is 10.5 Å². The monoisotopic (exact) mass is 325 g/mol. The first-order chi connectivity index (χ1) is 9.90. The molecule has 0 amide bonds. The Balaban J connectivity index is 2.05. The number of thiophene rings is 1. The molecule has 0 radical (unpaired) electrons. The van der Waals surface area contributed by atoms with Gasteiger partial charge in [-0.15, -0.1) is 11.3 Å². The molecule has 0 saturated carbocycles. The first-order valence-corrected chi connectivity index (χ1v) is 8.93. The van der Waals surface area contributed by atoms with Gasteiger partial charge in [0.1, 0.15) is 0 Å². The third kappa shape index (κ3) is 4.34. The summed E-state index contributed by atoms with van der Waals surface area (Å²) in [4.78, 5) is 6.34. The Hall–Kier alpha value is -1.28. The zero-order valence-corrected chi connectivity index (χ0v) is 13.7. The normalized spacial score (nSPS) is 13.3. The van der Waals surface area contributed by atoms with Gasteiger partial charge < -0.3 is 5.73 Å². The second-order valence-electron chi connectivity index (χ2n) is 4.95. The molecule has 7 heteroatoms. The molecule has 2 aromatic rings. The van der Waals surface area contributed by atoms with Gasteiger partial charge in [0, 0.05) is 28.5 Å². The van der Waals surface area contributed by atoms with Gasteiger partial charge in [0.15, 0.2) is 5.03 Å². The third-order valence-corrected chi connectivity index (χ3v) is 5.50. The molecular formula is C14H19N3O2S2. The maximum atomic E-state index is 12.2. The average Bonchev–Trinajstić information content (AvgIpc) is 2.83. The molecule has 0 aliphatic rings. The lowest BCUT2D eigenvalue weighted by Crippen LogP contribution is -2.34. The molecule has 5 nitrogen and oxygen atoms in total. The van der Waals surface area contributed by atoms with Gasteiger partial charge in [0.05, 0.1) is 0 Å². The molecule has 114 valence electrons. The molecule has 0 aromatic carbocycles. The van der Waals surface area contributed by atoms with Crippen molar-refractivity contribution in [3.63, 3.8) is 0 Å². The maximum Gasteiger partial charge on any atom is 0.258 e. The van der Waals surface area contributed by atoms with Crippen LogP contribution in [0.4, 0.5) is 0 Å². The highest BCUT2D eigenvalue weighted by atomic mass is 32.2. The number of nitrogens with one attached hydrogen (secondary N) is 1. The van der Waals surface area contributed by atoms with E-state index >= 15 is 0 Å². The molecule has 2 rings (SSSR count). The fraction of sp³-hybridized carbons (Fsp3) is 0.357. The fourth-order valence-electron chi connectivity index (χ4n) is 1.95. The summed E-state index contributed by atoms with van der Waals surface area (Å²) in [6.45, 7) is 4.22. The van der Waals surface area contributed by atoms with Crippen LogP contribution in [0, 0.1) is 6.92 Å². The van der Waals surface area contributed by atoms with Crippen molar-refractivity contribution < 1.29 is 8.42 Å². The molecule has 0 bridgehead atoms. The number of hydrogen-bond donors (Lipinski definition) is 2. The van der Waals surface area contributed by atoms with Crippen molar-refractivity contribution >= 4 is 21.4 Å². The van der Waals surface area contributed by atoms with Crippen molar-refractivity contribution in [2.75, 3.05) is 0 Å². The van der Waals surface area contributed by atoms with Crippen LogP contribution in [0.25, 0.3) is 0 Å². The number of nitrogens with zero attached hydrogens (tertiary/aromatic N) is 1. The Kier molecular flexibility index (Phi) is 5.10. The number of nitrogens with two attached hydrogens (primary N) is 1. The van der Waals surface area contributed by atoms with Gasteiger partial charge in [-0.05, 0) is 44.0 Å². The summed E-state index contributed by atoms with van der Waals surface area (Å²) in [6, 6.07) is 7.03. The largest absolute Gasteiger partial charge is 0.326 e. The predicted molar refractivity (Wildman–Crippen MR) is 84.7 cm³/mol. The van der Waals surface area contributed by atoms with Crippen molar-refractivity contribution in [2.45, 2.75) is 37.9 Å². The summed E-state index contributed by atoms with van der Waals surface area (Å²) < 4.78 is 27.1. The van der Waals surface area contributed by atoms with E-state index in [9.17, 15) is 8.42 Å². The van der Waals surface area contributed by atoms with E-state index in [1.165, 1.54) is 17.1 Å². The zero-order valence-electron chi connectivity index (χ0n) is 12.0. The summed E-state index contributed by atoms with van der Waals surface area (Å²) in [6.07, 6.45) is 2.15. The average molecular weight is 325 g/mol. The van der Waals surface area contributed by atoms with Gasteiger partial charge in [0.25, 0.3) is 10.0 Å². The number of aryl methyl sites for hydroxylation is 1. The standard InChI is InChI=1S/C14H19N3O2S2/c1-10(7-13-5-3-11(2)20-13)17-21(18,19)14-6-4-12(8-15)9-16-14/h3-6,9-10,17H,7-8,15H2,1-2H3. The fourth-order valence-corrected chi connectivity index (χ4v) is 4.15. The Morgan fingerprint density at radius 1 is 1.33 bits per heavy atom. The van der Waals surface area contributed by atoms with E-state index in [4.69, 9.17) is 5.73 Å². The van der Waals surface area contributed by atoms with E-state index in [1.54, 1.807) is 17.4 Å². The summed E-state index contributed by atoms with van der Waals surface area (Å²) in [5.74, 6) is 0. The van der Waals surface area contributed by atoms with Gasteiger partial charge in [0.2, 0.25) is 0 Å². The second kappa shape index (κ2) is 6.65. The summed E-state index contributed by atoms with van der Waals surface area (Å²) >= 11 is 1.68. The lowest BCUT2D eigenvalue weighted by atomic mass is 10.2. The molecule has 0 saturated heterocycles. The van der Waals surface area contributed by atoms with Gasteiger partial charge in [-0.2, -0.15) is 0 Å². The van der Waals surface area contributed by atoms with Crippen LogP contribution >= 0.6 is 11.3 Å². The molecule has 1 unspecified atom stereocenters. The van der Waals surface area contributed by atoms with Gasteiger partial charge in [-0.25, -0.2) is 18.1 Å². The maximum absolute atomic E-state index is 12.2. The number of pyridine rings is 1. The molecule has 2 heterocycles. The number of hydrogen-bond acceptors (Lipinski definition) is 5. The van der Waals surface area contributed by atoms with Gasteiger partial charge >= 0.3 is 0 Å². The van der Waals surface area contributed by atoms with Crippen LogP contribution in [0.2, 0.25) is 0 Å². The van der Waals surface area contributed by atoms with Crippen LogP contribution in [0.1, 0.15) is 22.2 Å². The molecular weight excluding hydrogens is 306 g/mol. The van der Waals surface area contributed by atoms with E-state index in [0.717, 1.165) is 10.4 Å². The predicted octanol–water partition coefficient (Wildman–Crippen LogP) is 1.82. The van der Waals surface area contributed by atoms with Gasteiger partial charge in [-0.1, -0.05) is 6.07 Å². The summed E-state index contributed by atoms with van der Waals surface area (Å²) in [7, 11) is -3.60. The van der Waals surface area contributed by atoms with E-state index in [1.807, 2.05) is 26.0 Å². The van der Waals surface area contributed by atoms with Crippen molar-refractivity contribution in [3.8, 4) is 0 Å². The van der Waals surface area contributed by atoms with Crippen LogP contribution in [0.3, 0.4) is 0 Å². The molecule has 0 aliphatic carbocycles.